The van der Waals surface area contributed by atoms with Gasteiger partial charge in [0, 0.05) is 162 Å². The molecule has 0 radical (unpaired) electrons. The molecule has 2 fully saturated rings. The first-order valence-corrected chi connectivity index (χ1v) is 31.4. The lowest BCUT2D eigenvalue weighted by Gasteiger charge is -2.37. The van der Waals surface area contributed by atoms with E-state index in [-0.39, 0.29) is 0 Å². The van der Waals surface area contributed by atoms with Crippen molar-refractivity contribution >= 4 is 22.7 Å². The van der Waals surface area contributed by atoms with Crippen LogP contribution >= 0.6 is 22.7 Å². The number of aryl methyl sites for hydroxylation is 1. The van der Waals surface area contributed by atoms with Crippen LogP contribution in [0.5, 0.6) is 0 Å². The van der Waals surface area contributed by atoms with E-state index in [1.54, 1.807) is 150 Å². The average Bonchev–Trinajstić information content (AvgIpc) is 4.05. The van der Waals surface area contributed by atoms with Crippen molar-refractivity contribution in [3.8, 4) is 0 Å². The molecule has 8 aromatic rings. The highest BCUT2D eigenvalue weighted by Gasteiger charge is 2.32. The van der Waals surface area contributed by atoms with Crippen molar-refractivity contribution in [2.75, 3.05) is 150 Å². The lowest BCUT2D eigenvalue weighted by Crippen LogP contribution is -2.43. The number of pyridine rings is 3. The molecule has 1 atom stereocenters. The van der Waals surface area contributed by atoms with Crippen LogP contribution in [-0.4, -0.2) is 175 Å². The average molecular weight is 1290 g/mol. The van der Waals surface area contributed by atoms with Crippen LogP contribution in [0.4, 0.5) is 0 Å². The van der Waals surface area contributed by atoms with E-state index >= 15 is 0 Å². The van der Waals surface area contributed by atoms with Crippen LogP contribution in [0.3, 0.4) is 0 Å². The summed E-state index contributed by atoms with van der Waals surface area (Å²) < 4.78 is 73.8. The SMILES string of the molecule is COCC1(C)COC1.COCC1CCOC1.COCCc1cccnc1.COCCc1ccco1.COCCc1ccncc1.COCCc1ccno1.COCCc1ccsc1.COCCc1scnc1C.COCc1cccnc1.COCc1ccoc1. The molecule has 0 aromatic carbocycles. The summed E-state index contributed by atoms with van der Waals surface area (Å²) >= 11 is 3.43. The van der Waals surface area contributed by atoms with Gasteiger partial charge in [-0.1, -0.05) is 24.2 Å². The van der Waals surface area contributed by atoms with Gasteiger partial charge >= 0.3 is 0 Å². The Morgan fingerprint density at radius 1 is 0.533 bits per heavy atom. The fraction of sp³-hybridized carbons (Fsp3) is 0.515. The summed E-state index contributed by atoms with van der Waals surface area (Å²) in [6, 6.07) is 21.5. The van der Waals surface area contributed by atoms with E-state index in [2.05, 4.69) is 48.8 Å². The zero-order chi connectivity index (χ0) is 65.6. The molecule has 20 nitrogen and oxygen atoms in total. The maximum atomic E-state index is 5.13. The predicted molar refractivity (Wildman–Crippen MR) is 354 cm³/mol. The van der Waals surface area contributed by atoms with Crippen molar-refractivity contribution in [1.29, 1.82) is 0 Å². The third-order valence-corrected chi connectivity index (χ3v) is 13.9. The lowest BCUT2D eigenvalue weighted by atomic mass is 9.90. The van der Waals surface area contributed by atoms with Crippen LogP contribution in [0.1, 0.15) is 63.3 Å². The number of rotatable bonds is 26. The van der Waals surface area contributed by atoms with Crippen molar-refractivity contribution in [2.45, 2.75) is 72.0 Å². The van der Waals surface area contributed by atoms with E-state index in [0.717, 1.165) is 140 Å². The molecule has 10 heterocycles. The van der Waals surface area contributed by atoms with E-state index in [0.29, 0.717) is 31.2 Å². The largest absolute Gasteiger partial charge is 0.472 e. The minimum absolute atomic E-state index is 0.328. The predicted octanol–water partition coefficient (Wildman–Crippen LogP) is 12.4. The van der Waals surface area contributed by atoms with Gasteiger partial charge in [-0.05, 0) is 114 Å². The van der Waals surface area contributed by atoms with Crippen molar-refractivity contribution in [1.82, 2.24) is 25.1 Å². The number of hydrogen-bond acceptors (Lipinski definition) is 22. The number of ether oxygens (including phenoxy) is 12. The molecule has 22 heteroatoms. The third kappa shape index (κ3) is 46.2. The van der Waals surface area contributed by atoms with E-state index in [4.69, 9.17) is 70.2 Å². The molecule has 0 aliphatic carbocycles. The van der Waals surface area contributed by atoms with E-state index in [1.807, 2.05) is 79.3 Å². The zero-order valence-electron chi connectivity index (χ0n) is 55.5. The highest BCUT2D eigenvalue weighted by molar-refractivity contribution is 7.09. The fourth-order valence-corrected chi connectivity index (χ4v) is 8.67. The Morgan fingerprint density at radius 2 is 1.14 bits per heavy atom. The number of thiophene rings is 1. The van der Waals surface area contributed by atoms with Crippen LogP contribution in [0.15, 0.2) is 159 Å². The fourth-order valence-electron chi connectivity index (χ4n) is 7.21. The second-order valence-electron chi connectivity index (χ2n) is 20.0. The quantitative estimate of drug-likeness (QED) is 0.0492. The Kier molecular flexibility index (Phi) is 54.2. The molecule has 0 saturated carbocycles. The lowest BCUT2D eigenvalue weighted by molar-refractivity contribution is -0.131. The van der Waals surface area contributed by atoms with E-state index in [1.165, 1.54) is 28.0 Å². The maximum absolute atomic E-state index is 5.13. The van der Waals surface area contributed by atoms with Crippen molar-refractivity contribution in [3.05, 3.63) is 195 Å². The highest BCUT2D eigenvalue weighted by Crippen LogP contribution is 2.26. The summed E-state index contributed by atoms with van der Waals surface area (Å²) in [5.74, 6) is 2.52. The molecule has 0 bridgehead atoms. The number of aromatic nitrogens is 5. The van der Waals surface area contributed by atoms with Crippen LogP contribution < -0.4 is 0 Å². The molecule has 502 valence electrons. The summed E-state index contributed by atoms with van der Waals surface area (Å²) in [4.78, 5) is 17.3. The molecule has 1 unspecified atom stereocenters. The summed E-state index contributed by atoms with van der Waals surface area (Å²) in [5, 5.41) is 7.78. The molecule has 10 rings (SSSR count). The van der Waals surface area contributed by atoms with Crippen molar-refractivity contribution in [2.24, 2.45) is 11.3 Å². The molecular formula is C68H103N5O15S2. The van der Waals surface area contributed by atoms with Crippen LogP contribution in [0.2, 0.25) is 0 Å². The molecular weight excluding hydrogens is 1190 g/mol. The molecule has 2 saturated heterocycles. The first-order chi connectivity index (χ1) is 44.1. The normalized spacial score (nSPS) is 12.8. The van der Waals surface area contributed by atoms with Gasteiger partial charge < -0.3 is 70.2 Å². The van der Waals surface area contributed by atoms with E-state index < -0.39 is 0 Å². The highest BCUT2D eigenvalue weighted by atomic mass is 32.1. The van der Waals surface area contributed by atoms with Gasteiger partial charge in [0.25, 0.3) is 0 Å². The summed E-state index contributed by atoms with van der Waals surface area (Å²) in [5.41, 5.74) is 9.41. The van der Waals surface area contributed by atoms with Gasteiger partial charge in [-0.25, -0.2) is 4.98 Å². The number of thiazole rings is 1. The van der Waals surface area contributed by atoms with Crippen LogP contribution in [0, 0.1) is 18.3 Å². The number of furan rings is 2. The zero-order valence-corrected chi connectivity index (χ0v) is 57.1. The van der Waals surface area contributed by atoms with Crippen molar-refractivity contribution in [3.63, 3.8) is 0 Å². The first kappa shape index (κ1) is 82.1. The van der Waals surface area contributed by atoms with Gasteiger partial charge in [0.1, 0.15) is 11.5 Å². The van der Waals surface area contributed by atoms with Gasteiger partial charge in [0.15, 0.2) is 0 Å². The Labute approximate surface area is 544 Å². The maximum Gasteiger partial charge on any atom is 0.139 e. The molecule has 0 N–H and O–H groups in total. The molecule has 2 aliphatic rings. The monoisotopic (exact) mass is 1290 g/mol. The smallest absolute Gasteiger partial charge is 0.139 e. The molecule has 0 amide bonds. The molecule has 90 heavy (non-hydrogen) atoms. The van der Waals surface area contributed by atoms with Gasteiger partial charge in [-0.2, -0.15) is 11.3 Å². The minimum atomic E-state index is 0.328. The topological polar surface area (TPSA) is 215 Å². The van der Waals surface area contributed by atoms with Crippen LogP contribution in [0.25, 0.3) is 0 Å². The van der Waals surface area contributed by atoms with Crippen LogP contribution in [-0.2, 0) is 109 Å². The first-order valence-electron chi connectivity index (χ1n) is 29.6. The second-order valence-corrected chi connectivity index (χ2v) is 21.7. The molecule has 0 spiro atoms. The van der Waals surface area contributed by atoms with Gasteiger partial charge in [0.2, 0.25) is 0 Å². The minimum Gasteiger partial charge on any atom is -0.472 e. The van der Waals surface area contributed by atoms with Gasteiger partial charge in [-0.15, -0.1) is 11.3 Å². The van der Waals surface area contributed by atoms with Gasteiger partial charge in [-0.3, -0.25) is 15.0 Å². The second kappa shape index (κ2) is 59.4. The molecule has 8 aromatic heterocycles. The van der Waals surface area contributed by atoms with E-state index in [9.17, 15) is 0 Å². The number of methoxy groups -OCH3 is 10. The van der Waals surface area contributed by atoms with Gasteiger partial charge in [0.05, 0.1) is 122 Å². The number of nitrogens with zero attached hydrogens (tertiary/aromatic N) is 5. The summed E-state index contributed by atoms with van der Waals surface area (Å²) in [6.07, 6.45) is 24.2. The Hall–Kier alpha value is -5.93. The Morgan fingerprint density at radius 3 is 1.60 bits per heavy atom. The molecule has 2 aliphatic heterocycles. The number of hydrogen-bond donors (Lipinski definition) is 0. The summed E-state index contributed by atoms with van der Waals surface area (Å²) in [7, 11) is 17.0. The van der Waals surface area contributed by atoms with Crippen molar-refractivity contribution < 1.29 is 70.2 Å². The Balaban J connectivity index is 0.000000500. The Bertz CT molecular complexity index is 2480. The third-order valence-electron chi connectivity index (χ3n) is 12.1. The summed E-state index contributed by atoms with van der Waals surface area (Å²) in [6.45, 7) is 15.3. The standard InChI is InChI=1S/2C8H11NO.C7H11NOS.C7H9NO.C7H10O2.C7H10OS.C6H9NO2.2C6H12O2.C6H8O2/c1-10-7-4-8-2-5-9-6-3-8;1-10-6-4-8-3-2-5-9-7-8;1-6-7(3-4-9-2)10-5-8-6;1-9-6-7-3-2-4-8-5-7;1-8-6-4-7-3-2-5-9-7;1-8-4-2-7-3-5-9-6-7;1-8-5-3-6-2-4-7-9-6;1-6(3-7-2)4-8-5-6;2*1-7-4-6-2-3-8-5-6/h2-3,5-6H,4,7H2,1H3;2-3,5,7H,4,6H2,1H3;5H,3-4H2,1-2H3;2-5H,6H2,1H3;2-3,5H,4,6H2,1H3;3,5-6H,2,4H2,1H3;2,4H,3,5H2,1H3;3-5H2,1-2H3;6H,2-5H2,1H3;2-3,5H,4H2,1H3.